The minimum absolute atomic E-state index is 0.232. The summed E-state index contributed by atoms with van der Waals surface area (Å²) in [5, 5.41) is 4.91. The molecule has 0 aromatic heterocycles. The summed E-state index contributed by atoms with van der Waals surface area (Å²) in [4.78, 5) is 2.40. The molecule has 7 rings (SSSR count). The van der Waals surface area contributed by atoms with Crippen molar-refractivity contribution in [1.82, 2.24) is 0 Å². The highest BCUT2D eigenvalue weighted by atomic mass is 79.9. The van der Waals surface area contributed by atoms with E-state index in [0.717, 1.165) is 46.0 Å². The van der Waals surface area contributed by atoms with Crippen LogP contribution >= 0.6 is 31.9 Å². The third-order valence-corrected chi connectivity index (χ3v) is 11.3. The molecule has 0 amide bonds. The fraction of sp³-hybridized carbons (Fsp3) is 0.238. The quantitative estimate of drug-likeness (QED) is 0.144. The van der Waals surface area contributed by atoms with Crippen LogP contribution in [0, 0.1) is 0 Å². The van der Waals surface area contributed by atoms with Crippen molar-refractivity contribution in [1.29, 1.82) is 0 Å². The lowest BCUT2D eigenvalue weighted by molar-refractivity contribution is -0.151. The van der Waals surface area contributed by atoms with Crippen LogP contribution in [0.5, 0.6) is 0 Å². The number of fused-ring (bicyclic) bond motifs is 3. The number of hydrogen-bond acceptors (Lipinski definition) is 2. The Morgan fingerprint density at radius 1 is 0.522 bits per heavy atom. The first-order valence-electron chi connectivity index (χ1n) is 16.5. The van der Waals surface area contributed by atoms with Crippen molar-refractivity contribution in [2.24, 2.45) is 0 Å². The van der Waals surface area contributed by atoms with E-state index >= 15 is 0 Å². The molecule has 0 unspecified atom stereocenters. The number of halogens is 2. The Morgan fingerprint density at radius 3 is 1.41 bits per heavy atom. The van der Waals surface area contributed by atoms with Gasteiger partial charge in [0.25, 0.3) is 0 Å². The molecule has 0 fully saturated rings. The molecule has 0 N–H and O–H groups in total. The van der Waals surface area contributed by atoms with E-state index in [2.05, 4.69) is 180 Å². The van der Waals surface area contributed by atoms with Crippen LogP contribution in [0.3, 0.4) is 0 Å². The average molecular weight is 734 g/mol. The summed E-state index contributed by atoms with van der Waals surface area (Å²) in [5.74, 6) is 0. The summed E-state index contributed by atoms with van der Waals surface area (Å²) in [6.45, 7) is 9.09. The minimum atomic E-state index is -0.275. The lowest BCUT2D eigenvalue weighted by atomic mass is 9.80. The Balaban J connectivity index is 1.55. The van der Waals surface area contributed by atoms with Crippen molar-refractivity contribution in [3.05, 3.63) is 135 Å². The summed E-state index contributed by atoms with van der Waals surface area (Å²) < 4.78 is 9.24. The van der Waals surface area contributed by atoms with Gasteiger partial charge in [0.1, 0.15) is 0 Å². The highest BCUT2D eigenvalue weighted by molar-refractivity contribution is 9.10. The lowest BCUT2D eigenvalue weighted by Gasteiger charge is -2.34. The molecule has 232 valence electrons. The van der Waals surface area contributed by atoms with E-state index in [4.69, 9.17) is 4.74 Å². The first kappa shape index (κ1) is 31.2. The van der Waals surface area contributed by atoms with E-state index in [1.54, 1.807) is 0 Å². The highest BCUT2D eigenvalue weighted by Crippen LogP contribution is 2.55. The van der Waals surface area contributed by atoms with E-state index in [1.807, 2.05) is 0 Å². The van der Waals surface area contributed by atoms with Crippen LogP contribution in [0.4, 0.5) is 17.1 Å². The molecule has 6 aromatic rings. The largest absolute Gasteiger partial charge is 0.359 e. The molecule has 2 nitrogen and oxygen atoms in total. The zero-order chi connectivity index (χ0) is 32.1. The van der Waals surface area contributed by atoms with Crippen LogP contribution in [0.2, 0.25) is 0 Å². The fourth-order valence-corrected chi connectivity index (χ4v) is 8.28. The Hall–Kier alpha value is -3.44. The van der Waals surface area contributed by atoms with Crippen LogP contribution in [0.25, 0.3) is 32.7 Å². The molecule has 46 heavy (non-hydrogen) atoms. The van der Waals surface area contributed by atoms with Gasteiger partial charge in [-0.2, -0.15) is 0 Å². The van der Waals surface area contributed by atoms with Crippen molar-refractivity contribution < 1.29 is 4.74 Å². The second-order valence-corrected chi connectivity index (χ2v) is 14.2. The molecule has 0 saturated carbocycles. The number of benzene rings is 6. The van der Waals surface area contributed by atoms with Crippen LogP contribution in [-0.2, 0) is 15.9 Å². The summed E-state index contributed by atoms with van der Waals surface area (Å²) >= 11 is 7.31. The summed E-state index contributed by atoms with van der Waals surface area (Å²) in [7, 11) is 0. The Labute approximate surface area is 289 Å². The molecule has 0 radical (unpaired) electrons. The van der Waals surface area contributed by atoms with Gasteiger partial charge in [-0.05, 0) is 113 Å². The molecule has 4 heteroatoms. The molecule has 0 saturated heterocycles. The van der Waals surface area contributed by atoms with Crippen LogP contribution < -0.4 is 4.90 Å². The standard InChI is InChI=1S/C42H39Br2NO/c1-5-41(6-2)37-26-17-28(27-38(37)42(7-3,8-4)46-41)39-33-13-9-11-15-35(33)40(36-16-12-10-14-34(36)39)45(31-22-18-29(43)19-23-31)32-24-20-30(44)21-25-32/h9-27H,5-8H2,1-4H3. The number of ether oxygens (including phenoxy) is 1. The topological polar surface area (TPSA) is 12.5 Å². The van der Waals surface area contributed by atoms with E-state index < -0.39 is 0 Å². The Bertz CT molecular complexity index is 1940. The predicted octanol–water partition coefficient (Wildman–Crippen LogP) is 13.7. The number of rotatable bonds is 8. The lowest BCUT2D eigenvalue weighted by Crippen LogP contribution is -2.31. The van der Waals surface area contributed by atoms with Crippen molar-refractivity contribution in [2.45, 2.75) is 64.6 Å². The van der Waals surface area contributed by atoms with Gasteiger partial charge in [-0.15, -0.1) is 0 Å². The maximum Gasteiger partial charge on any atom is 0.0942 e. The minimum Gasteiger partial charge on any atom is -0.359 e. The second kappa shape index (κ2) is 12.3. The normalized spacial score (nSPS) is 14.9. The maximum atomic E-state index is 7.12. The second-order valence-electron chi connectivity index (χ2n) is 12.4. The van der Waals surface area contributed by atoms with Crippen LogP contribution in [0.15, 0.2) is 124 Å². The maximum absolute atomic E-state index is 7.12. The summed E-state index contributed by atoms with van der Waals surface area (Å²) in [6.07, 6.45) is 3.86. The van der Waals surface area contributed by atoms with E-state index in [9.17, 15) is 0 Å². The molecule has 1 heterocycles. The molecular formula is C42H39Br2NO. The molecule has 0 atom stereocenters. The zero-order valence-corrected chi connectivity index (χ0v) is 30.1. The van der Waals surface area contributed by atoms with Gasteiger partial charge < -0.3 is 9.64 Å². The first-order chi connectivity index (χ1) is 22.4. The van der Waals surface area contributed by atoms with Crippen LogP contribution in [-0.4, -0.2) is 0 Å². The van der Waals surface area contributed by atoms with Gasteiger partial charge >= 0.3 is 0 Å². The van der Waals surface area contributed by atoms with Gasteiger partial charge in [0, 0.05) is 31.1 Å². The van der Waals surface area contributed by atoms with Gasteiger partial charge in [0.15, 0.2) is 0 Å². The number of nitrogens with zero attached hydrogens (tertiary/aromatic N) is 1. The smallest absolute Gasteiger partial charge is 0.0942 e. The first-order valence-corrected chi connectivity index (χ1v) is 18.1. The van der Waals surface area contributed by atoms with Crippen LogP contribution in [0.1, 0.15) is 64.5 Å². The van der Waals surface area contributed by atoms with Crippen molar-refractivity contribution >= 4 is 70.5 Å². The third kappa shape index (κ3) is 4.92. The van der Waals surface area contributed by atoms with E-state index in [1.165, 1.54) is 49.5 Å². The fourth-order valence-electron chi connectivity index (χ4n) is 7.75. The SMILES string of the molecule is CCC1(CC)OC(CC)(CC)c2cc(-c3c4ccccc4c(N(c4ccc(Br)cc4)c4ccc(Br)cc4)c4ccccc34)ccc21. The molecule has 1 aliphatic rings. The summed E-state index contributed by atoms with van der Waals surface area (Å²) in [6, 6.07) is 42.2. The number of hydrogen-bond donors (Lipinski definition) is 0. The van der Waals surface area contributed by atoms with Gasteiger partial charge in [-0.25, -0.2) is 0 Å². The third-order valence-electron chi connectivity index (χ3n) is 10.3. The highest BCUT2D eigenvalue weighted by Gasteiger charge is 2.50. The molecule has 6 aromatic carbocycles. The van der Waals surface area contributed by atoms with Crippen molar-refractivity contribution in [2.75, 3.05) is 4.90 Å². The van der Waals surface area contributed by atoms with E-state index in [0.29, 0.717) is 0 Å². The van der Waals surface area contributed by atoms with Gasteiger partial charge in [-0.3, -0.25) is 0 Å². The monoisotopic (exact) mass is 731 g/mol. The van der Waals surface area contributed by atoms with Crippen molar-refractivity contribution in [3.63, 3.8) is 0 Å². The van der Waals surface area contributed by atoms with E-state index in [-0.39, 0.29) is 11.2 Å². The molecule has 0 aliphatic carbocycles. The van der Waals surface area contributed by atoms with Gasteiger partial charge in [0.2, 0.25) is 0 Å². The van der Waals surface area contributed by atoms with Gasteiger partial charge in [0.05, 0.1) is 16.9 Å². The molecular weight excluding hydrogens is 694 g/mol. The molecule has 1 aliphatic heterocycles. The Kier molecular flexibility index (Phi) is 8.33. The molecule has 0 bridgehead atoms. The van der Waals surface area contributed by atoms with Gasteiger partial charge in [-0.1, -0.05) is 120 Å². The zero-order valence-electron chi connectivity index (χ0n) is 26.9. The number of anilines is 3. The molecule has 0 spiro atoms. The average Bonchev–Trinajstić information content (AvgIpc) is 3.39. The summed E-state index contributed by atoms with van der Waals surface area (Å²) in [5.41, 5.74) is 8.13. The Morgan fingerprint density at radius 2 is 0.957 bits per heavy atom. The predicted molar refractivity (Wildman–Crippen MR) is 203 cm³/mol. The van der Waals surface area contributed by atoms with Crippen molar-refractivity contribution in [3.8, 4) is 11.1 Å².